The van der Waals surface area contributed by atoms with Crippen LogP contribution in [0.3, 0.4) is 0 Å². The number of carbonyl (C=O) groups excluding carboxylic acids is 1. The van der Waals surface area contributed by atoms with E-state index < -0.39 is 5.91 Å². The first-order valence-corrected chi connectivity index (χ1v) is 7.01. The van der Waals surface area contributed by atoms with Crippen LogP contribution in [0.15, 0.2) is 47.0 Å². The molecule has 3 aromatic rings. The van der Waals surface area contributed by atoms with Gasteiger partial charge in [-0.25, -0.2) is 4.68 Å². The smallest absolute Gasteiger partial charge is 0.277 e. The highest BCUT2D eigenvalue weighted by molar-refractivity contribution is 7.09. The SMILES string of the molecule is O=C(Nc1c[nH]ccc1=O)c1cn(Cc2cccs2)nn1. The first-order valence-electron chi connectivity index (χ1n) is 6.13. The van der Waals surface area contributed by atoms with Gasteiger partial charge in [0.15, 0.2) is 5.69 Å². The second-order valence-electron chi connectivity index (χ2n) is 4.26. The van der Waals surface area contributed by atoms with Crippen molar-refractivity contribution in [2.75, 3.05) is 5.32 Å². The number of aromatic nitrogens is 4. The molecule has 3 heterocycles. The Morgan fingerprint density at radius 3 is 3.10 bits per heavy atom. The second-order valence-corrected chi connectivity index (χ2v) is 5.29. The first-order chi connectivity index (χ1) is 10.2. The van der Waals surface area contributed by atoms with E-state index >= 15 is 0 Å². The van der Waals surface area contributed by atoms with E-state index in [1.54, 1.807) is 22.2 Å². The van der Waals surface area contributed by atoms with Crippen LogP contribution in [0.25, 0.3) is 0 Å². The summed E-state index contributed by atoms with van der Waals surface area (Å²) in [4.78, 5) is 27.4. The quantitative estimate of drug-likeness (QED) is 0.760. The Balaban J connectivity index is 1.72. The van der Waals surface area contributed by atoms with Crippen LogP contribution < -0.4 is 10.7 Å². The van der Waals surface area contributed by atoms with E-state index in [9.17, 15) is 9.59 Å². The minimum Gasteiger partial charge on any atom is -0.366 e. The summed E-state index contributed by atoms with van der Waals surface area (Å²) in [5, 5.41) is 12.2. The molecule has 0 fully saturated rings. The number of rotatable bonds is 4. The summed E-state index contributed by atoms with van der Waals surface area (Å²) in [6, 6.07) is 5.27. The molecule has 0 saturated carbocycles. The van der Waals surface area contributed by atoms with Crippen molar-refractivity contribution >= 4 is 22.9 Å². The van der Waals surface area contributed by atoms with E-state index in [4.69, 9.17) is 0 Å². The van der Waals surface area contributed by atoms with Gasteiger partial charge in [0.1, 0.15) is 5.69 Å². The lowest BCUT2D eigenvalue weighted by Gasteiger charge is -2.00. The number of hydrogen-bond donors (Lipinski definition) is 2. The van der Waals surface area contributed by atoms with Gasteiger partial charge in [0.25, 0.3) is 5.91 Å². The molecule has 8 heteroatoms. The molecule has 0 atom stereocenters. The number of carbonyl (C=O) groups is 1. The molecule has 0 aromatic carbocycles. The largest absolute Gasteiger partial charge is 0.366 e. The fourth-order valence-electron chi connectivity index (χ4n) is 1.74. The fourth-order valence-corrected chi connectivity index (χ4v) is 2.44. The summed E-state index contributed by atoms with van der Waals surface area (Å²) in [6.07, 6.45) is 4.47. The van der Waals surface area contributed by atoms with Crippen LogP contribution >= 0.6 is 11.3 Å². The average molecular weight is 301 g/mol. The summed E-state index contributed by atoms with van der Waals surface area (Å²) in [5.41, 5.74) is 0.0678. The number of nitrogens with one attached hydrogen (secondary N) is 2. The maximum atomic E-state index is 12.0. The van der Waals surface area contributed by atoms with E-state index in [0.29, 0.717) is 6.54 Å². The van der Waals surface area contributed by atoms with Crippen molar-refractivity contribution in [2.45, 2.75) is 6.54 Å². The van der Waals surface area contributed by atoms with Crippen molar-refractivity contribution in [3.8, 4) is 0 Å². The number of amides is 1. The van der Waals surface area contributed by atoms with E-state index in [1.165, 1.54) is 18.5 Å². The van der Waals surface area contributed by atoms with Gasteiger partial charge in [0, 0.05) is 23.3 Å². The number of pyridine rings is 1. The number of aromatic amines is 1. The van der Waals surface area contributed by atoms with Crippen molar-refractivity contribution < 1.29 is 4.79 Å². The Morgan fingerprint density at radius 1 is 1.43 bits per heavy atom. The number of hydrogen-bond acceptors (Lipinski definition) is 5. The van der Waals surface area contributed by atoms with Gasteiger partial charge >= 0.3 is 0 Å². The van der Waals surface area contributed by atoms with Crippen LogP contribution in [0.2, 0.25) is 0 Å². The Labute approximate surface area is 123 Å². The lowest BCUT2D eigenvalue weighted by Crippen LogP contribution is -2.18. The minimum atomic E-state index is -0.468. The van der Waals surface area contributed by atoms with Crippen LogP contribution in [-0.2, 0) is 6.54 Å². The second kappa shape index (κ2) is 5.71. The van der Waals surface area contributed by atoms with Crippen LogP contribution in [0, 0.1) is 0 Å². The molecule has 3 aromatic heterocycles. The Morgan fingerprint density at radius 2 is 2.33 bits per heavy atom. The average Bonchev–Trinajstić information content (AvgIpc) is 3.13. The predicted octanol–water partition coefficient (Wildman–Crippen LogP) is 1.33. The summed E-state index contributed by atoms with van der Waals surface area (Å²) < 4.78 is 1.58. The lowest BCUT2D eigenvalue weighted by molar-refractivity contribution is 0.102. The van der Waals surface area contributed by atoms with Crippen LogP contribution in [-0.4, -0.2) is 25.9 Å². The van der Waals surface area contributed by atoms with Gasteiger partial charge in [-0.2, -0.15) is 0 Å². The molecule has 2 N–H and O–H groups in total. The van der Waals surface area contributed by atoms with Crippen molar-refractivity contribution in [1.82, 2.24) is 20.0 Å². The molecule has 0 aliphatic heterocycles. The van der Waals surface area contributed by atoms with Gasteiger partial charge in [0.05, 0.1) is 12.7 Å². The third-order valence-electron chi connectivity index (χ3n) is 2.74. The van der Waals surface area contributed by atoms with Gasteiger partial charge in [-0.1, -0.05) is 11.3 Å². The van der Waals surface area contributed by atoms with Gasteiger partial charge in [-0.05, 0) is 11.4 Å². The first kappa shape index (κ1) is 13.3. The van der Waals surface area contributed by atoms with Crippen LogP contribution in [0.4, 0.5) is 5.69 Å². The lowest BCUT2D eigenvalue weighted by atomic mass is 10.3. The molecule has 0 bridgehead atoms. The zero-order chi connectivity index (χ0) is 14.7. The Bertz CT molecular complexity index is 806. The van der Waals surface area contributed by atoms with E-state index in [1.807, 2.05) is 17.5 Å². The molecule has 0 saturated heterocycles. The zero-order valence-electron chi connectivity index (χ0n) is 10.8. The molecule has 21 heavy (non-hydrogen) atoms. The van der Waals surface area contributed by atoms with Crippen molar-refractivity contribution in [2.24, 2.45) is 0 Å². The zero-order valence-corrected chi connectivity index (χ0v) is 11.6. The molecular weight excluding hydrogens is 290 g/mol. The molecule has 1 amide bonds. The highest BCUT2D eigenvalue weighted by Crippen LogP contribution is 2.10. The van der Waals surface area contributed by atoms with E-state index in [-0.39, 0.29) is 16.8 Å². The topological polar surface area (TPSA) is 92.7 Å². The van der Waals surface area contributed by atoms with Crippen LogP contribution in [0.1, 0.15) is 15.4 Å². The van der Waals surface area contributed by atoms with E-state index in [0.717, 1.165) is 4.88 Å². The summed E-state index contributed by atoms with van der Waals surface area (Å²) in [5.74, 6) is -0.468. The number of H-pyrrole nitrogens is 1. The summed E-state index contributed by atoms with van der Waals surface area (Å²) in [6.45, 7) is 0.559. The molecular formula is C13H11N5O2S. The third kappa shape index (κ3) is 3.06. The van der Waals surface area contributed by atoms with Gasteiger partial charge in [-0.3, -0.25) is 9.59 Å². The number of anilines is 1. The Hall–Kier alpha value is -2.74. The molecule has 0 unspecified atom stereocenters. The molecule has 0 aliphatic carbocycles. The monoisotopic (exact) mass is 301 g/mol. The molecule has 0 aliphatic rings. The number of nitrogens with zero attached hydrogens (tertiary/aromatic N) is 3. The Kier molecular flexibility index (Phi) is 3.61. The summed E-state index contributed by atoms with van der Waals surface area (Å²) in [7, 11) is 0. The standard InChI is InChI=1S/C13H11N5O2S/c19-12-3-4-14-6-10(12)15-13(20)11-8-18(17-16-11)7-9-2-1-5-21-9/h1-6,8H,7H2,(H,14,19)(H,15,20). The predicted molar refractivity (Wildman–Crippen MR) is 78.5 cm³/mol. The molecule has 0 spiro atoms. The van der Waals surface area contributed by atoms with Gasteiger partial charge < -0.3 is 10.3 Å². The normalized spacial score (nSPS) is 10.5. The minimum absolute atomic E-state index is 0.162. The molecule has 7 nitrogen and oxygen atoms in total. The maximum absolute atomic E-state index is 12.0. The molecule has 0 radical (unpaired) electrons. The third-order valence-corrected chi connectivity index (χ3v) is 3.60. The fraction of sp³-hybridized carbons (Fsp3) is 0.0769. The van der Waals surface area contributed by atoms with Gasteiger partial charge in [0.2, 0.25) is 5.43 Å². The number of thiophene rings is 1. The summed E-state index contributed by atoms with van der Waals surface area (Å²) >= 11 is 1.61. The van der Waals surface area contributed by atoms with Crippen molar-refractivity contribution in [3.05, 3.63) is 63.0 Å². The highest BCUT2D eigenvalue weighted by atomic mass is 32.1. The molecule has 106 valence electrons. The van der Waals surface area contributed by atoms with Crippen molar-refractivity contribution in [1.29, 1.82) is 0 Å². The van der Waals surface area contributed by atoms with Crippen molar-refractivity contribution in [3.63, 3.8) is 0 Å². The highest BCUT2D eigenvalue weighted by Gasteiger charge is 2.12. The van der Waals surface area contributed by atoms with Crippen LogP contribution in [0.5, 0.6) is 0 Å². The van der Waals surface area contributed by atoms with E-state index in [2.05, 4.69) is 20.6 Å². The van der Waals surface area contributed by atoms with Gasteiger partial charge in [-0.15, -0.1) is 16.4 Å². The maximum Gasteiger partial charge on any atom is 0.277 e. The molecule has 3 rings (SSSR count).